The molecule has 3 nitrogen and oxygen atoms in total. The Bertz CT molecular complexity index is 2810. The predicted molar refractivity (Wildman–Crippen MR) is 206 cm³/mol. The molecule has 2 heterocycles. The molecule has 0 aliphatic heterocycles. The molecular weight excluding hydrogens is 597 g/mol. The first kappa shape index (κ1) is 27.5. The lowest BCUT2D eigenvalue weighted by atomic mass is 10.0. The molecule has 0 unspecified atom stereocenters. The van der Waals surface area contributed by atoms with Gasteiger partial charge in [0.25, 0.3) is 0 Å². The summed E-state index contributed by atoms with van der Waals surface area (Å²) >= 11 is 0. The van der Waals surface area contributed by atoms with E-state index in [2.05, 4.69) is 179 Å². The Morgan fingerprint density at radius 1 is 0.388 bits per heavy atom. The summed E-state index contributed by atoms with van der Waals surface area (Å²) in [4.78, 5) is 2.33. The number of hydrogen-bond acceptors (Lipinski definition) is 2. The predicted octanol–water partition coefficient (Wildman–Crippen LogP) is 13.0. The number of nitrogens with zero attached hydrogens (tertiary/aromatic N) is 2. The molecule has 49 heavy (non-hydrogen) atoms. The Morgan fingerprint density at radius 3 is 1.82 bits per heavy atom. The van der Waals surface area contributed by atoms with Crippen LogP contribution >= 0.6 is 0 Å². The SMILES string of the molecule is c1ccc(-c2ccc(N(c3ccc(-n4c5ccccc5c5ccc6ccccc6c54)cc3)c3ccc4oc5ccccc5c4c3)cc2)cc1. The molecule has 8 aromatic carbocycles. The van der Waals surface area contributed by atoms with Crippen LogP contribution in [-0.2, 0) is 0 Å². The Morgan fingerprint density at radius 2 is 1.00 bits per heavy atom. The average Bonchev–Trinajstić information content (AvgIpc) is 3.72. The van der Waals surface area contributed by atoms with Gasteiger partial charge in [-0.25, -0.2) is 0 Å². The summed E-state index contributed by atoms with van der Waals surface area (Å²) in [5.74, 6) is 0. The first-order valence-corrected chi connectivity index (χ1v) is 16.7. The second-order valence-corrected chi connectivity index (χ2v) is 12.6. The monoisotopic (exact) mass is 626 g/mol. The van der Waals surface area contributed by atoms with Crippen LogP contribution in [0.3, 0.4) is 0 Å². The molecule has 3 heteroatoms. The van der Waals surface area contributed by atoms with Crippen LogP contribution in [0.4, 0.5) is 17.1 Å². The van der Waals surface area contributed by atoms with Crippen molar-refractivity contribution in [3.05, 3.63) is 182 Å². The van der Waals surface area contributed by atoms with E-state index in [1.54, 1.807) is 0 Å². The quantitative estimate of drug-likeness (QED) is 0.190. The van der Waals surface area contributed by atoms with Crippen LogP contribution in [0, 0.1) is 0 Å². The average molecular weight is 627 g/mol. The van der Waals surface area contributed by atoms with E-state index in [4.69, 9.17) is 4.42 Å². The van der Waals surface area contributed by atoms with Gasteiger partial charge in [0.05, 0.1) is 11.0 Å². The van der Waals surface area contributed by atoms with Crippen LogP contribution in [0.2, 0.25) is 0 Å². The molecule has 0 spiro atoms. The smallest absolute Gasteiger partial charge is 0.135 e. The normalized spacial score (nSPS) is 11.7. The molecule has 0 saturated carbocycles. The molecule has 230 valence electrons. The summed E-state index contributed by atoms with van der Waals surface area (Å²) < 4.78 is 8.62. The molecule has 10 rings (SSSR count). The molecule has 0 amide bonds. The first-order valence-electron chi connectivity index (χ1n) is 16.7. The van der Waals surface area contributed by atoms with Crippen molar-refractivity contribution in [3.8, 4) is 16.8 Å². The van der Waals surface area contributed by atoms with Crippen LogP contribution < -0.4 is 4.90 Å². The summed E-state index contributed by atoms with van der Waals surface area (Å²) in [6, 6.07) is 65.0. The fourth-order valence-corrected chi connectivity index (χ4v) is 7.48. The van der Waals surface area contributed by atoms with Crippen molar-refractivity contribution in [1.29, 1.82) is 0 Å². The third-order valence-electron chi connectivity index (χ3n) is 9.78. The minimum absolute atomic E-state index is 0.887. The van der Waals surface area contributed by atoms with Gasteiger partial charge in [-0.15, -0.1) is 0 Å². The standard InChI is InChI=1S/C46H30N2O/c1-2-10-31(11-3-1)32-18-21-34(22-19-32)47(37-27-29-45-42(30-37)40-15-7-9-17-44(40)49-45)35-23-25-36(26-24-35)48-43-16-8-6-14-39(43)41-28-20-33-12-4-5-13-38(33)46(41)48/h1-30H. The van der Waals surface area contributed by atoms with Crippen LogP contribution in [0.5, 0.6) is 0 Å². The lowest BCUT2D eigenvalue weighted by Crippen LogP contribution is -2.10. The van der Waals surface area contributed by atoms with Gasteiger partial charge in [0.2, 0.25) is 0 Å². The number of anilines is 3. The number of fused-ring (bicyclic) bond motifs is 8. The maximum atomic E-state index is 6.20. The van der Waals surface area contributed by atoms with Gasteiger partial charge >= 0.3 is 0 Å². The summed E-state index contributed by atoms with van der Waals surface area (Å²) in [6.07, 6.45) is 0. The number of hydrogen-bond donors (Lipinski definition) is 0. The highest BCUT2D eigenvalue weighted by atomic mass is 16.3. The highest BCUT2D eigenvalue weighted by molar-refractivity contribution is 6.18. The molecule has 0 aliphatic carbocycles. The number of rotatable bonds is 5. The maximum absolute atomic E-state index is 6.20. The van der Waals surface area contributed by atoms with Gasteiger partial charge in [-0.05, 0) is 83.2 Å². The minimum atomic E-state index is 0.887. The zero-order valence-electron chi connectivity index (χ0n) is 26.6. The Balaban J connectivity index is 1.15. The van der Waals surface area contributed by atoms with Crippen molar-refractivity contribution in [1.82, 2.24) is 4.57 Å². The van der Waals surface area contributed by atoms with E-state index >= 15 is 0 Å². The van der Waals surface area contributed by atoms with Gasteiger partial charge in [-0.2, -0.15) is 0 Å². The molecule has 0 N–H and O–H groups in total. The lowest BCUT2D eigenvalue weighted by molar-refractivity contribution is 0.669. The number of para-hydroxylation sites is 2. The summed E-state index contributed by atoms with van der Waals surface area (Å²) in [7, 11) is 0. The first-order chi connectivity index (χ1) is 24.3. The van der Waals surface area contributed by atoms with E-state index < -0.39 is 0 Å². The fourth-order valence-electron chi connectivity index (χ4n) is 7.48. The van der Waals surface area contributed by atoms with Gasteiger partial charge in [-0.1, -0.05) is 115 Å². The van der Waals surface area contributed by atoms with Crippen molar-refractivity contribution >= 4 is 71.6 Å². The number of benzene rings is 8. The summed E-state index contributed by atoms with van der Waals surface area (Å²) in [5, 5.41) is 7.23. The highest BCUT2D eigenvalue weighted by Crippen LogP contribution is 2.41. The minimum Gasteiger partial charge on any atom is -0.456 e. The maximum Gasteiger partial charge on any atom is 0.135 e. The van der Waals surface area contributed by atoms with Gasteiger partial charge < -0.3 is 13.9 Å². The van der Waals surface area contributed by atoms with E-state index in [1.165, 1.54) is 43.7 Å². The van der Waals surface area contributed by atoms with Crippen molar-refractivity contribution < 1.29 is 4.42 Å². The molecule has 0 saturated heterocycles. The van der Waals surface area contributed by atoms with E-state index in [1.807, 2.05) is 12.1 Å². The van der Waals surface area contributed by atoms with Gasteiger partial charge in [0.1, 0.15) is 11.2 Å². The molecule has 0 atom stereocenters. The lowest BCUT2D eigenvalue weighted by Gasteiger charge is -2.26. The van der Waals surface area contributed by atoms with Crippen molar-refractivity contribution in [3.63, 3.8) is 0 Å². The van der Waals surface area contributed by atoms with Crippen molar-refractivity contribution in [2.45, 2.75) is 0 Å². The zero-order valence-corrected chi connectivity index (χ0v) is 26.6. The van der Waals surface area contributed by atoms with E-state index in [9.17, 15) is 0 Å². The Labute approximate surface area is 283 Å². The molecule has 0 bridgehead atoms. The molecule has 0 aliphatic rings. The Kier molecular flexibility index (Phi) is 6.18. The second kappa shape index (κ2) is 11.0. The Hall–Kier alpha value is -6.58. The van der Waals surface area contributed by atoms with Gasteiger partial charge in [0.15, 0.2) is 0 Å². The van der Waals surface area contributed by atoms with E-state index in [-0.39, 0.29) is 0 Å². The van der Waals surface area contributed by atoms with Gasteiger partial charge in [0, 0.05) is 49.7 Å². The van der Waals surface area contributed by atoms with Crippen LogP contribution in [0.15, 0.2) is 186 Å². The van der Waals surface area contributed by atoms with Crippen LogP contribution in [0.1, 0.15) is 0 Å². The third-order valence-corrected chi connectivity index (χ3v) is 9.78. The molecular formula is C46H30N2O. The van der Waals surface area contributed by atoms with Crippen LogP contribution in [0.25, 0.3) is 71.3 Å². The van der Waals surface area contributed by atoms with Crippen molar-refractivity contribution in [2.24, 2.45) is 0 Å². The van der Waals surface area contributed by atoms with E-state index in [0.717, 1.165) is 44.7 Å². The van der Waals surface area contributed by atoms with Crippen LogP contribution in [-0.4, -0.2) is 4.57 Å². The highest BCUT2D eigenvalue weighted by Gasteiger charge is 2.18. The topological polar surface area (TPSA) is 21.3 Å². The zero-order chi connectivity index (χ0) is 32.3. The number of aromatic nitrogens is 1. The fraction of sp³-hybridized carbons (Fsp3) is 0. The molecule has 2 aromatic heterocycles. The summed E-state index contributed by atoms with van der Waals surface area (Å²) in [6.45, 7) is 0. The van der Waals surface area contributed by atoms with Gasteiger partial charge in [-0.3, -0.25) is 0 Å². The second-order valence-electron chi connectivity index (χ2n) is 12.6. The van der Waals surface area contributed by atoms with Crippen molar-refractivity contribution in [2.75, 3.05) is 4.90 Å². The molecule has 10 aromatic rings. The third kappa shape index (κ3) is 4.44. The number of furan rings is 1. The largest absolute Gasteiger partial charge is 0.456 e. The molecule has 0 fully saturated rings. The summed E-state index contributed by atoms with van der Waals surface area (Å²) in [5.41, 5.74) is 11.0. The molecule has 0 radical (unpaired) electrons. The van der Waals surface area contributed by atoms with E-state index in [0.29, 0.717) is 0 Å².